The van der Waals surface area contributed by atoms with Gasteiger partial charge in [-0.3, -0.25) is 4.79 Å². The number of amides is 1. The number of carbonyl (C=O) groups is 1. The number of aromatic hydroxyl groups is 1. The molecule has 0 aliphatic carbocycles. The molecular formula is C22H23ClN4O2. The first-order valence-electron chi connectivity index (χ1n) is 9.60. The van der Waals surface area contributed by atoms with Crippen molar-refractivity contribution in [3.8, 4) is 11.4 Å². The van der Waals surface area contributed by atoms with Gasteiger partial charge < -0.3 is 14.9 Å². The number of aryl methyl sites for hydroxylation is 1. The summed E-state index contributed by atoms with van der Waals surface area (Å²) in [7, 11) is 0. The lowest BCUT2D eigenvalue weighted by atomic mass is 10.1. The topological polar surface area (TPSA) is 61.6 Å². The Hall–Kier alpha value is -2.99. The van der Waals surface area contributed by atoms with Crippen LogP contribution >= 0.6 is 11.6 Å². The van der Waals surface area contributed by atoms with Crippen molar-refractivity contribution in [3.63, 3.8) is 0 Å². The second-order valence-electron chi connectivity index (χ2n) is 7.21. The van der Waals surface area contributed by atoms with E-state index in [4.69, 9.17) is 11.6 Å². The molecule has 29 heavy (non-hydrogen) atoms. The summed E-state index contributed by atoms with van der Waals surface area (Å²) < 4.78 is 1.79. The fourth-order valence-electron chi connectivity index (χ4n) is 3.68. The predicted molar refractivity (Wildman–Crippen MR) is 114 cm³/mol. The fourth-order valence-corrected chi connectivity index (χ4v) is 3.80. The average molecular weight is 411 g/mol. The van der Waals surface area contributed by atoms with Gasteiger partial charge in [0.2, 0.25) is 0 Å². The number of benzene rings is 2. The molecule has 1 N–H and O–H groups in total. The van der Waals surface area contributed by atoms with Crippen LogP contribution in [0.5, 0.6) is 5.75 Å². The molecular weight excluding hydrogens is 388 g/mol. The minimum Gasteiger partial charge on any atom is -0.506 e. The lowest BCUT2D eigenvalue weighted by Gasteiger charge is -2.36. The molecule has 7 heteroatoms. The maximum absolute atomic E-state index is 12.9. The molecule has 6 nitrogen and oxygen atoms in total. The predicted octanol–water partition coefficient (Wildman–Crippen LogP) is 3.81. The van der Waals surface area contributed by atoms with Crippen LogP contribution in [0.1, 0.15) is 21.7 Å². The lowest BCUT2D eigenvalue weighted by Crippen LogP contribution is -2.48. The minimum absolute atomic E-state index is 0.0138. The molecule has 1 saturated heterocycles. The van der Waals surface area contributed by atoms with E-state index in [9.17, 15) is 9.90 Å². The van der Waals surface area contributed by atoms with Crippen LogP contribution in [0.25, 0.3) is 5.69 Å². The van der Waals surface area contributed by atoms with Gasteiger partial charge in [-0.05, 0) is 50.2 Å². The van der Waals surface area contributed by atoms with Crippen molar-refractivity contribution in [3.05, 3.63) is 70.5 Å². The number of hydrogen-bond donors (Lipinski definition) is 1. The molecule has 1 fully saturated rings. The normalized spacial score (nSPS) is 14.3. The van der Waals surface area contributed by atoms with Crippen molar-refractivity contribution in [1.29, 1.82) is 0 Å². The van der Waals surface area contributed by atoms with Crippen molar-refractivity contribution >= 4 is 23.2 Å². The molecule has 3 aromatic rings. The zero-order valence-corrected chi connectivity index (χ0v) is 17.2. The highest BCUT2D eigenvalue weighted by molar-refractivity contribution is 6.31. The molecule has 0 atom stereocenters. The molecule has 2 heterocycles. The van der Waals surface area contributed by atoms with E-state index in [2.05, 4.69) is 10.00 Å². The van der Waals surface area contributed by atoms with Gasteiger partial charge >= 0.3 is 0 Å². The van der Waals surface area contributed by atoms with Gasteiger partial charge in [-0.15, -0.1) is 0 Å². The van der Waals surface area contributed by atoms with Crippen LogP contribution in [0.3, 0.4) is 0 Å². The number of phenols is 1. The maximum atomic E-state index is 12.9. The third-order valence-electron chi connectivity index (χ3n) is 5.35. The van der Waals surface area contributed by atoms with Gasteiger partial charge in [0, 0.05) is 31.7 Å². The van der Waals surface area contributed by atoms with Gasteiger partial charge in [-0.1, -0.05) is 23.7 Å². The number of piperazine rings is 1. The second kappa shape index (κ2) is 7.79. The Kier molecular flexibility index (Phi) is 5.20. The van der Waals surface area contributed by atoms with Gasteiger partial charge in [0.15, 0.2) is 0 Å². The third kappa shape index (κ3) is 3.68. The van der Waals surface area contributed by atoms with E-state index in [0.717, 1.165) is 22.8 Å². The van der Waals surface area contributed by atoms with Gasteiger partial charge in [0.05, 0.1) is 27.8 Å². The van der Waals surface area contributed by atoms with E-state index in [1.807, 2.05) is 61.2 Å². The number of carbonyl (C=O) groups excluding carboxylic acids is 1. The van der Waals surface area contributed by atoms with Gasteiger partial charge in [-0.2, -0.15) is 5.10 Å². The van der Waals surface area contributed by atoms with E-state index in [1.54, 1.807) is 10.7 Å². The zero-order chi connectivity index (χ0) is 20.5. The Balaban J connectivity index is 1.44. The third-order valence-corrected chi connectivity index (χ3v) is 5.90. The summed E-state index contributed by atoms with van der Waals surface area (Å²) in [6.07, 6.45) is 0. The summed E-state index contributed by atoms with van der Waals surface area (Å²) in [5.74, 6) is 0.284. The summed E-state index contributed by atoms with van der Waals surface area (Å²) >= 11 is 6.23. The van der Waals surface area contributed by atoms with E-state index in [-0.39, 0.29) is 11.7 Å². The highest BCUT2D eigenvalue weighted by atomic mass is 35.5. The largest absolute Gasteiger partial charge is 0.506 e. The number of hydrogen-bond acceptors (Lipinski definition) is 4. The van der Waals surface area contributed by atoms with E-state index < -0.39 is 0 Å². The monoisotopic (exact) mass is 410 g/mol. The maximum Gasteiger partial charge on any atom is 0.253 e. The minimum atomic E-state index is 0.0138. The van der Waals surface area contributed by atoms with Crippen LogP contribution in [0.4, 0.5) is 5.69 Å². The smallest absolute Gasteiger partial charge is 0.253 e. The van der Waals surface area contributed by atoms with Gasteiger partial charge in [-0.25, -0.2) is 4.68 Å². The molecule has 0 radical (unpaired) electrons. The molecule has 1 aliphatic rings. The standard InChI is InChI=1S/C22H23ClN4O2/c1-15-21(23)16(2)27(24-15)18-9-7-17(8-10-18)22(29)26-13-11-25(12-14-26)19-5-3-4-6-20(19)28/h3-10,28H,11-14H2,1-2H3. The quantitative estimate of drug-likeness (QED) is 0.713. The van der Waals surface area contributed by atoms with E-state index in [1.165, 1.54) is 0 Å². The number of para-hydroxylation sites is 2. The van der Waals surface area contributed by atoms with E-state index >= 15 is 0 Å². The highest BCUT2D eigenvalue weighted by Crippen LogP contribution is 2.27. The Labute approximate surface area is 174 Å². The lowest BCUT2D eigenvalue weighted by molar-refractivity contribution is 0.0746. The molecule has 1 aromatic heterocycles. The first kappa shape index (κ1) is 19.3. The summed E-state index contributed by atoms with van der Waals surface area (Å²) in [5.41, 5.74) is 4.00. The summed E-state index contributed by atoms with van der Waals surface area (Å²) in [4.78, 5) is 16.9. The molecule has 1 aliphatic heterocycles. The summed E-state index contributed by atoms with van der Waals surface area (Å²) in [6, 6.07) is 14.7. The first-order valence-corrected chi connectivity index (χ1v) is 9.98. The van der Waals surface area contributed by atoms with Crippen molar-refractivity contribution in [2.24, 2.45) is 0 Å². The van der Waals surface area contributed by atoms with Crippen LogP contribution in [0, 0.1) is 13.8 Å². The number of aromatic nitrogens is 2. The first-order chi connectivity index (χ1) is 14.0. The van der Waals surface area contributed by atoms with Crippen LogP contribution in [-0.4, -0.2) is 51.9 Å². The average Bonchev–Trinajstić information content (AvgIpc) is 3.01. The Bertz CT molecular complexity index is 1040. The number of halogens is 1. The zero-order valence-electron chi connectivity index (χ0n) is 16.5. The van der Waals surface area contributed by atoms with Crippen LogP contribution in [0.2, 0.25) is 5.02 Å². The Morgan fingerprint density at radius 2 is 1.66 bits per heavy atom. The molecule has 1 amide bonds. The molecule has 0 bridgehead atoms. The highest BCUT2D eigenvalue weighted by Gasteiger charge is 2.23. The molecule has 0 spiro atoms. The molecule has 150 valence electrons. The Morgan fingerprint density at radius 3 is 2.24 bits per heavy atom. The second-order valence-corrected chi connectivity index (χ2v) is 7.59. The van der Waals surface area contributed by atoms with Crippen LogP contribution in [-0.2, 0) is 0 Å². The molecule has 4 rings (SSSR count). The van der Waals surface area contributed by atoms with Crippen LogP contribution < -0.4 is 4.90 Å². The molecule has 0 unspecified atom stereocenters. The van der Waals surface area contributed by atoms with Crippen molar-refractivity contribution in [2.45, 2.75) is 13.8 Å². The number of rotatable bonds is 3. The summed E-state index contributed by atoms with van der Waals surface area (Å²) in [5, 5.41) is 15.1. The number of anilines is 1. The van der Waals surface area contributed by atoms with Gasteiger partial charge in [0.25, 0.3) is 5.91 Å². The van der Waals surface area contributed by atoms with Crippen molar-refractivity contribution in [2.75, 3.05) is 31.1 Å². The molecule has 2 aromatic carbocycles. The number of nitrogens with zero attached hydrogens (tertiary/aromatic N) is 4. The number of phenolic OH excluding ortho intramolecular Hbond substituents is 1. The van der Waals surface area contributed by atoms with Crippen molar-refractivity contribution < 1.29 is 9.90 Å². The van der Waals surface area contributed by atoms with E-state index in [0.29, 0.717) is 36.8 Å². The Morgan fingerprint density at radius 1 is 1.00 bits per heavy atom. The fraction of sp³-hybridized carbons (Fsp3) is 0.273. The SMILES string of the molecule is Cc1nn(-c2ccc(C(=O)N3CCN(c4ccccc4O)CC3)cc2)c(C)c1Cl. The summed E-state index contributed by atoms with van der Waals surface area (Å²) in [6.45, 7) is 6.39. The van der Waals surface area contributed by atoms with Gasteiger partial charge in [0.1, 0.15) is 5.75 Å². The van der Waals surface area contributed by atoms with Crippen LogP contribution in [0.15, 0.2) is 48.5 Å². The van der Waals surface area contributed by atoms with Crippen molar-refractivity contribution in [1.82, 2.24) is 14.7 Å². The molecule has 0 saturated carbocycles.